The van der Waals surface area contributed by atoms with E-state index in [1.54, 1.807) is 71.7 Å². The van der Waals surface area contributed by atoms with E-state index in [0.29, 0.717) is 43.6 Å². The van der Waals surface area contributed by atoms with Crippen molar-refractivity contribution >= 4 is 58.0 Å². The first-order valence-corrected chi connectivity index (χ1v) is 11.3. The third-order valence-electron chi connectivity index (χ3n) is 4.75. The lowest BCUT2D eigenvalue weighted by molar-refractivity contribution is 0.102. The fraction of sp³-hybridized carbons (Fsp3) is 0.0833. The summed E-state index contributed by atoms with van der Waals surface area (Å²) in [6.07, 6.45) is 3.28. The second-order valence-electron chi connectivity index (χ2n) is 7.14. The Kier molecular flexibility index (Phi) is 7.46. The number of carbonyl (C=O) groups is 1. The molecule has 1 aromatic heterocycles. The first-order valence-electron chi connectivity index (χ1n) is 9.82. The number of aromatic nitrogens is 2. The number of ether oxygens (including phenoxy) is 1. The Labute approximate surface area is 210 Å². The van der Waals surface area contributed by atoms with Gasteiger partial charge < -0.3 is 10.1 Å². The van der Waals surface area contributed by atoms with Gasteiger partial charge in [0.05, 0.1) is 23.5 Å². The van der Waals surface area contributed by atoms with E-state index < -0.39 is 0 Å². The Morgan fingerprint density at radius 1 is 0.939 bits per heavy atom. The molecule has 4 rings (SSSR count). The van der Waals surface area contributed by atoms with Gasteiger partial charge in [-0.15, -0.1) is 0 Å². The minimum Gasteiger partial charge on any atom is -0.487 e. The van der Waals surface area contributed by atoms with Crippen molar-refractivity contribution in [3.05, 3.63) is 110 Å². The maximum absolute atomic E-state index is 12.7. The Bertz CT molecular complexity index is 1290. The summed E-state index contributed by atoms with van der Waals surface area (Å²) in [6.45, 7) is 0.632. The highest BCUT2D eigenvalue weighted by atomic mass is 35.5. The van der Waals surface area contributed by atoms with Crippen molar-refractivity contribution in [2.24, 2.45) is 0 Å². The molecule has 0 aliphatic carbocycles. The molecule has 33 heavy (non-hydrogen) atoms. The van der Waals surface area contributed by atoms with Crippen LogP contribution in [0, 0.1) is 0 Å². The largest absolute Gasteiger partial charge is 0.487 e. The monoisotopic (exact) mass is 519 g/mol. The predicted molar refractivity (Wildman–Crippen MR) is 133 cm³/mol. The van der Waals surface area contributed by atoms with E-state index in [-0.39, 0.29) is 12.5 Å². The van der Waals surface area contributed by atoms with Gasteiger partial charge in [-0.1, -0.05) is 64.6 Å². The van der Waals surface area contributed by atoms with Crippen molar-refractivity contribution in [2.45, 2.75) is 13.2 Å². The van der Waals surface area contributed by atoms with Crippen LogP contribution in [0.4, 0.5) is 5.69 Å². The molecule has 0 fully saturated rings. The van der Waals surface area contributed by atoms with Crippen LogP contribution >= 0.6 is 46.4 Å². The molecule has 4 aromatic rings. The Balaban J connectivity index is 1.40. The predicted octanol–water partition coefficient (Wildman–Crippen LogP) is 7.38. The van der Waals surface area contributed by atoms with Crippen molar-refractivity contribution < 1.29 is 9.53 Å². The number of anilines is 1. The van der Waals surface area contributed by atoms with E-state index >= 15 is 0 Å². The normalized spacial score (nSPS) is 10.8. The van der Waals surface area contributed by atoms with Crippen LogP contribution in [-0.4, -0.2) is 15.7 Å². The SMILES string of the molecule is O=C(Nc1cnn(Cc2c(Cl)cccc2Cl)c1)c1cccc(COc2ccc(Cl)cc2Cl)c1. The molecule has 1 amide bonds. The van der Waals surface area contributed by atoms with Crippen LogP contribution < -0.4 is 10.1 Å². The van der Waals surface area contributed by atoms with Crippen molar-refractivity contribution in [1.82, 2.24) is 9.78 Å². The number of benzene rings is 3. The van der Waals surface area contributed by atoms with E-state index in [4.69, 9.17) is 51.1 Å². The first kappa shape index (κ1) is 23.5. The fourth-order valence-corrected chi connectivity index (χ4v) is 4.10. The van der Waals surface area contributed by atoms with E-state index in [0.717, 1.165) is 11.1 Å². The lowest BCUT2D eigenvalue weighted by atomic mass is 10.1. The number of nitrogens with one attached hydrogen (secondary N) is 1. The number of rotatable bonds is 7. The Morgan fingerprint density at radius 2 is 1.70 bits per heavy atom. The molecule has 0 saturated heterocycles. The quantitative estimate of drug-likeness (QED) is 0.276. The lowest BCUT2D eigenvalue weighted by Crippen LogP contribution is -2.12. The van der Waals surface area contributed by atoms with E-state index in [9.17, 15) is 4.79 Å². The summed E-state index contributed by atoms with van der Waals surface area (Å²) in [4.78, 5) is 12.7. The standard InChI is InChI=1S/C24H17Cl4N3O2/c25-17-7-8-23(22(28)10-17)33-14-15-3-1-4-16(9-15)24(32)30-18-11-29-31(12-18)13-19-20(26)5-2-6-21(19)27/h1-12H,13-14H2,(H,30,32). The van der Waals surface area contributed by atoms with Gasteiger partial charge in [0.15, 0.2) is 0 Å². The van der Waals surface area contributed by atoms with E-state index in [1.807, 2.05) is 6.07 Å². The minimum atomic E-state index is -0.267. The summed E-state index contributed by atoms with van der Waals surface area (Å²) < 4.78 is 7.41. The Morgan fingerprint density at radius 3 is 2.45 bits per heavy atom. The average Bonchev–Trinajstić information content (AvgIpc) is 3.23. The van der Waals surface area contributed by atoms with Gasteiger partial charge in [0.1, 0.15) is 12.4 Å². The van der Waals surface area contributed by atoms with Crippen molar-refractivity contribution in [1.29, 1.82) is 0 Å². The van der Waals surface area contributed by atoms with Crippen molar-refractivity contribution in [3.63, 3.8) is 0 Å². The number of hydrogen-bond donors (Lipinski definition) is 1. The second-order valence-corrected chi connectivity index (χ2v) is 8.80. The van der Waals surface area contributed by atoms with Crippen LogP contribution in [-0.2, 0) is 13.2 Å². The fourth-order valence-electron chi connectivity index (χ4n) is 3.12. The molecule has 0 aliphatic rings. The lowest BCUT2D eigenvalue weighted by Gasteiger charge is -2.09. The third-order valence-corrected chi connectivity index (χ3v) is 5.99. The van der Waals surface area contributed by atoms with Gasteiger partial charge >= 0.3 is 0 Å². The van der Waals surface area contributed by atoms with Crippen LogP contribution in [0.2, 0.25) is 20.1 Å². The molecule has 168 valence electrons. The van der Waals surface area contributed by atoms with E-state index in [2.05, 4.69) is 10.4 Å². The molecule has 0 aliphatic heterocycles. The highest BCUT2D eigenvalue weighted by molar-refractivity contribution is 6.36. The average molecular weight is 521 g/mol. The summed E-state index contributed by atoms with van der Waals surface area (Å²) in [5.41, 5.74) is 2.62. The van der Waals surface area contributed by atoms with Crippen LogP contribution in [0.15, 0.2) is 73.1 Å². The van der Waals surface area contributed by atoms with Gasteiger partial charge in [0.25, 0.3) is 5.91 Å². The number of halogens is 4. The van der Waals surface area contributed by atoms with Crippen molar-refractivity contribution in [3.8, 4) is 5.75 Å². The summed E-state index contributed by atoms with van der Waals surface area (Å²) in [7, 11) is 0. The maximum Gasteiger partial charge on any atom is 0.255 e. The first-order chi connectivity index (χ1) is 15.9. The molecule has 0 unspecified atom stereocenters. The molecule has 0 spiro atoms. The molecule has 1 heterocycles. The highest BCUT2D eigenvalue weighted by Crippen LogP contribution is 2.28. The number of hydrogen-bond acceptors (Lipinski definition) is 3. The van der Waals surface area contributed by atoms with Crippen LogP contribution in [0.3, 0.4) is 0 Å². The molecule has 5 nitrogen and oxygen atoms in total. The van der Waals surface area contributed by atoms with Crippen molar-refractivity contribution in [2.75, 3.05) is 5.32 Å². The maximum atomic E-state index is 12.7. The minimum absolute atomic E-state index is 0.249. The van der Waals surface area contributed by atoms with Gasteiger partial charge in [-0.2, -0.15) is 5.10 Å². The number of amides is 1. The van der Waals surface area contributed by atoms with Gasteiger partial charge in [0.2, 0.25) is 0 Å². The molecule has 0 atom stereocenters. The number of carbonyl (C=O) groups excluding carboxylic acids is 1. The molecule has 9 heteroatoms. The molecular formula is C24H17Cl4N3O2. The molecular weight excluding hydrogens is 504 g/mol. The third kappa shape index (κ3) is 6.01. The zero-order valence-corrected chi connectivity index (χ0v) is 20.1. The highest BCUT2D eigenvalue weighted by Gasteiger charge is 2.11. The smallest absolute Gasteiger partial charge is 0.255 e. The van der Waals surface area contributed by atoms with E-state index in [1.165, 1.54) is 0 Å². The molecule has 0 radical (unpaired) electrons. The molecule has 0 bridgehead atoms. The zero-order valence-electron chi connectivity index (χ0n) is 17.1. The van der Waals surface area contributed by atoms with Crippen LogP contribution in [0.1, 0.15) is 21.5 Å². The van der Waals surface area contributed by atoms with Gasteiger partial charge in [-0.05, 0) is 48.0 Å². The second kappa shape index (κ2) is 10.5. The van der Waals surface area contributed by atoms with Gasteiger partial charge in [-0.3, -0.25) is 9.48 Å². The molecule has 1 N–H and O–H groups in total. The number of nitrogens with zero attached hydrogens (tertiary/aromatic N) is 2. The topological polar surface area (TPSA) is 56.2 Å². The summed E-state index contributed by atoms with van der Waals surface area (Å²) in [5.74, 6) is 0.249. The van der Waals surface area contributed by atoms with Gasteiger partial charge in [0, 0.05) is 32.4 Å². The van der Waals surface area contributed by atoms with Crippen LogP contribution in [0.25, 0.3) is 0 Å². The van der Waals surface area contributed by atoms with Gasteiger partial charge in [-0.25, -0.2) is 0 Å². The molecule has 3 aromatic carbocycles. The van der Waals surface area contributed by atoms with Crippen LogP contribution in [0.5, 0.6) is 5.75 Å². The Hall–Kier alpha value is -2.70. The summed E-state index contributed by atoms with van der Waals surface area (Å²) >= 11 is 24.5. The summed E-state index contributed by atoms with van der Waals surface area (Å²) in [6, 6.07) is 17.5. The summed E-state index contributed by atoms with van der Waals surface area (Å²) in [5, 5.41) is 9.19. The zero-order chi connectivity index (χ0) is 23.4. The molecule has 0 saturated carbocycles.